The molecule has 0 amide bonds. The summed E-state index contributed by atoms with van der Waals surface area (Å²) in [7, 11) is 1.36. The number of methoxy groups -OCH3 is 1. The van der Waals surface area contributed by atoms with Gasteiger partial charge in [-0.05, 0) is 39.8 Å². The second-order valence-corrected chi connectivity index (χ2v) is 5.14. The van der Waals surface area contributed by atoms with Crippen molar-refractivity contribution in [3.8, 4) is 0 Å². The van der Waals surface area contributed by atoms with Crippen LogP contribution in [0.4, 0.5) is 0 Å². The van der Waals surface area contributed by atoms with Crippen LogP contribution in [0.1, 0.15) is 42.6 Å². The Hall–Kier alpha value is -1.55. The molecule has 0 saturated heterocycles. The number of furan rings is 1. The summed E-state index contributed by atoms with van der Waals surface area (Å²) < 4.78 is 10.1. The van der Waals surface area contributed by atoms with Gasteiger partial charge in [0.25, 0.3) is 0 Å². The number of nitrogens with one attached hydrogen (secondary N) is 1. The molecule has 0 bridgehead atoms. The minimum absolute atomic E-state index is 0.0839. The van der Waals surface area contributed by atoms with Crippen molar-refractivity contribution in [1.82, 2.24) is 5.32 Å². The van der Waals surface area contributed by atoms with Gasteiger partial charge in [0.15, 0.2) is 0 Å². The normalized spacial score (nSPS) is 12.1. The maximum atomic E-state index is 11.4. The van der Waals surface area contributed by atoms with Gasteiger partial charge < -0.3 is 14.5 Å². The fourth-order valence-electron chi connectivity index (χ4n) is 1.44. The summed E-state index contributed by atoms with van der Waals surface area (Å²) >= 11 is 0. The molecule has 1 aromatic heterocycles. The van der Waals surface area contributed by atoms with Crippen LogP contribution in [0, 0.1) is 6.92 Å². The summed E-state index contributed by atoms with van der Waals surface area (Å²) in [5.74, 6) is 0.859. The van der Waals surface area contributed by atoms with Gasteiger partial charge in [0.2, 0.25) is 0 Å². The Bertz CT molecular complexity index is 438. The van der Waals surface area contributed by atoms with Gasteiger partial charge in [-0.15, -0.1) is 0 Å². The molecule has 1 heterocycles. The minimum atomic E-state index is -0.372. The Balaban J connectivity index is 2.63. The van der Waals surface area contributed by atoms with E-state index in [1.165, 1.54) is 7.11 Å². The molecule has 18 heavy (non-hydrogen) atoms. The van der Waals surface area contributed by atoms with Gasteiger partial charge >= 0.3 is 5.97 Å². The molecule has 4 heteroatoms. The van der Waals surface area contributed by atoms with E-state index < -0.39 is 0 Å². The lowest BCUT2D eigenvalue weighted by atomic mass is 10.1. The van der Waals surface area contributed by atoms with Crippen molar-refractivity contribution in [2.75, 3.05) is 13.7 Å². The largest absolute Gasteiger partial charge is 0.465 e. The van der Waals surface area contributed by atoms with Crippen LogP contribution in [-0.2, 0) is 4.74 Å². The predicted octanol–water partition coefficient (Wildman–Crippen LogP) is 2.78. The zero-order valence-corrected chi connectivity index (χ0v) is 11.7. The maximum absolute atomic E-state index is 11.4. The third kappa shape index (κ3) is 4.37. The predicted molar refractivity (Wildman–Crippen MR) is 71.6 cm³/mol. The SMILES string of the molecule is COC(=O)c1cc(C=CCNC(C)(C)C)oc1C. The molecule has 1 aromatic rings. The van der Waals surface area contributed by atoms with Gasteiger partial charge in [-0.2, -0.15) is 0 Å². The lowest BCUT2D eigenvalue weighted by molar-refractivity contribution is 0.0599. The quantitative estimate of drug-likeness (QED) is 0.836. The van der Waals surface area contributed by atoms with Gasteiger partial charge in [0.05, 0.1) is 7.11 Å². The highest BCUT2D eigenvalue weighted by molar-refractivity contribution is 5.90. The maximum Gasteiger partial charge on any atom is 0.341 e. The van der Waals surface area contributed by atoms with E-state index in [1.807, 2.05) is 12.2 Å². The van der Waals surface area contributed by atoms with Crippen LogP contribution in [0.3, 0.4) is 0 Å². The number of carbonyl (C=O) groups excluding carboxylic acids is 1. The number of ether oxygens (including phenoxy) is 1. The van der Waals surface area contributed by atoms with Gasteiger partial charge in [-0.1, -0.05) is 6.08 Å². The van der Waals surface area contributed by atoms with E-state index in [9.17, 15) is 4.79 Å². The van der Waals surface area contributed by atoms with E-state index in [-0.39, 0.29) is 11.5 Å². The molecular formula is C14H21NO3. The van der Waals surface area contributed by atoms with E-state index >= 15 is 0 Å². The van der Waals surface area contributed by atoms with Crippen molar-refractivity contribution in [3.63, 3.8) is 0 Å². The molecule has 100 valence electrons. The van der Waals surface area contributed by atoms with Crippen LogP contribution in [0.15, 0.2) is 16.6 Å². The Morgan fingerprint density at radius 3 is 2.72 bits per heavy atom. The minimum Gasteiger partial charge on any atom is -0.465 e. The number of esters is 1. The standard InChI is InChI=1S/C14H21NO3/c1-10-12(13(16)17-5)9-11(18-10)7-6-8-15-14(2,3)4/h6-7,9,15H,8H2,1-5H3. The number of hydrogen-bond acceptors (Lipinski definition) is 4. The van der Waals surface area contributed by atoms with Crippen LogP contribution in [-0.4, -0.2) is 25.2 Å². The van der Waals surface area contributed by atoms with Crippen molar-refractivity contribution in [1.29, 1.82) is 0 Å². The average Bonchev–Trinajstić information content (AvgIpc) is 2.64. The fraction of sp³-hybridized carbons (Fsp3) is 0.500. The zero-order valence-electron chi connectivity index (χ0n) is 11.7. The average molecular weight is 251 g/mol. The van der Waals surface area contributed by atoms with Crippen molar-refractivity contribution in [2.24, 2.45) is 0 Å². The molecule has 0 atom stereocenters. The summed E-state index contributed by atoms with van der Waals surface area (Å²) in [6.07, 6.45) is 3.81. The Morgan fingerprint density at radius 2 is 2.17 bits per heavy atom. The molecule has 0 radical (unpaired) electrons. The van der Waals surface area contributed by atoms with Crippen molar-refractivity contribution in [2.45, 2.75) is 33.2 Å². The number of rotatable bonds is 4. The third-order valence-electron chi connectivity index (χ3n) is 2.37. The first-order chi connectivity index (χ1) is 8.33. The van der Waals surface area contributed by atoms with Crippen molar-refractivity contribution >= 4 is 12.0 Å². The number of hydrogen-bond donors (Lipinski definition) is 1. The molecule has 1 rings (SSSR count). The summed E-state index contributed by atoms with van der Waals surface area (Å²) in [4.78, 5) is 11.4. The molecule has 0 saturated carbocycles. The van der Waals surface area contributed by atoms with E-state index in [0.29, 0.717) is 17.1 Å². The molecule has 0 unspecified atom stereocenters. The molecule has 0 aliphatic rings. The van der Waals surface area contributed by atoms with Crippen LogP contribution < -0.4 is 5.32 Å². The Kier molecular flexibility index (Phi) is 4.73. The van der Waals surface area contributed by atoms with Gasteiger partial charge in [-0.3, -0.25) is 0 Å². The summed E-state index contributed by atoms with van der Waals surface area (Å²) in [5, 5.41) is 3.33. The van der Waals surface area contributed by atoms with E-state index in [0.717, 1.165) is 6.54 Å². The molecule has 4 nitrogen and oxygen atoms in total. The highest BCUT2D eigenvalue weighted by atomic mass is 16.5. The highest BCUT2D eigenvalue weighted by Gasteiger charge is 2.13. The van der Waals surface area contributed by atoms with Gasteiger partial charge in [-0.25, -0.2) is 4.79 Å². The molecular weight excluding hydrogens is 230 g/mol. The summed E-state index contributed by atoms with van der Waals surface area (Å²) in [6.45, 7) is 8.81. The molecule has 0 aliphatic heterocycles. The topological polar surface area (TPSA) is 51.5 Å². The Morgan fingerprint density at radius 1 is 1.50 bits per heavy atom. The molecule has 1 N–H and O–H groups in total. The molecule has 0 aromatic carbocycles. The number of aryl methyl sites for hydroxylation is 1. The molecule has 0 spiro atoms. The van der Waals surface area contributed by atoms with Crippen LogP contribution in [0.5, 0.6) is 0 Å². The van der Waals surface area contributed by atoms with E-state index in [4.69, 9.17) is 4.42 Å². The van der Waals surface area contributed by atoms with Crippen molar-refractivity contribution in [3.05, 3.63) is 29.2 Å². The fourth-order valence-corrected chi connectivity index (χ4v) is 1.44. The van der Waals surface area contributed by atoms with Gasteiger partial charge in [0, 0.05) is 12.1 Å². The summed E-state index contributed by atoms with van der Waals surface area (Å²) in [5.41, 5.74) is 0.557. The highest BCUT2D eigenvalue weighted by Crippen LogP contribution is 2.16. The smallest absolute Gasteiger partial charge is 0.341 e. The van der Waals surface area contributed by atoms with Crippen LogP contribution in [0.2, 0.25) is 0 Å². The monoisotopic (exact) mass is 251 g/mol. The lowest BCUT2D eigenvalue weighted by Crippen LogP contribution is -2.35. The first kappa shape index (κ1) is 14.5. The Labute approximate surface area is 108 Å². The lowest BCUT2D eigenvalue weighted by Gasteiger charge is -2.18. The van der Waals surface area contributed by atoms with E-state index in [1.54, 1.807) is 13.0 Å². The second-order valence-electron chi connectivity index (χ2n) is 5.14. The first-order valence-corrected chi connectivity index (χ1v) is 5.94. The van der Waals surface area contributed by atoms with Crippen LogP contribution in [0.25, 0.3) is 6.08 Å². The summed E-state index contributed by atoms with van der Waals surface area (Å²) in [6, 6.07) is 1.69. The number of carbonyl (C=O) groups is 1. The van der Waals surface area contributed by atoms with E-state index in [2.05, 4.69) is 30.8 Å². The van der Waals surface area contributed by atoms with Gasteiger partial charge in [0.1, 0.15) is 17.1 Å². The first-order valence-electron chi connectivity index (χ1n) is 5.94. The second kappa shape index (κ2) is 5.87. The zero-order chi connectivity index (χ0) is 13.8. The molecule has 0 fully saturated rings. The van der Waals surface area contributed by atoms with Crippen molar-refractivity contribution < 1.29 is 13.9 Å². The third-order valence-corrected chi connectivity index (χ3v) is 2.37. The van der Waals surface area contributed by atoms with Crippen LogP contribution >= 0.6 is 0 Å². The molecule has 0 aliphatic carbocycles.